The molecule has 1 aromatic rings. The van der Waals surface area contributed by atoms with Crippen LogP contribution in [0.1, 0.15) is 29.5 Å². The summed E-state index contributed by atoms with van der Waals surface area (Å²) in [5, 5.41) is 9.09. The minimum absolute atomic E-state index is 0.130. The Morgan fingerprint density at radius 1 is 1.55 bits per heavy atom. The highest BCUT2D eigenvalue weighted by atomic mass is 32.2. The zero-order valence-electron chi connectivity index (χ0n) is 11.8. The maximum Gasteiger partial charge on any atom is 0.241 e. The first-order valence-electron chi connectivity index (χ1n) is 6.79. The van der Waals surface area contributed by atoms with E-state index in [-0.39, 0.29) is 23.5 Å². The van der Waals surface area contributed by atoms with Crippen molar-refractivity contribution in [3.8, 4) is 0 Å². The number of nitrogens with one attached hydrogen (secondary N) is 1. The van der Waals surface area contributed by atoms with Crippen LogP contribution in [0.4, 0.5) is 0 Å². The number of aliphatic hydroxyl groups is 1. The van der Waals surface area contributed by atoms with E-state index in [2.05, 4.69) is 4.72 Å². The number of hydrogen-bond acceptors (Lipinski definition) is 5. The highest BCUT2D eigenvalue weighted by Gasteiger charge is 2.29. The molecule has 2 heterocycles. The van der Waals surface area contributed by atoms with Crippen molar-refractivity contribution in [2.24, 2.45) is 5.92 Å². The Morgan fingerprint density at radius 2 is 2.30 bits per heavy atom. The molecule has 2 unspecified atom stereocenters. The van der Waals surface area contributed by atoms with Crippen molar-refractivity contribution in [3.63, 3.8) is 0 Å². The van der Waals surface area contributed by atoms with Gasteiger partial charge in [0.15, 0.2) is 0 Å². The fourth-order valence-electron chi connectivity index (χ4n) is 2.54. The highest BCUT2D eigenvalue weighted by molar-refractivity contribution is 7.89. The molecule has 1 fully saturated rings. The van der Waals surface area contributed by atoms with E-state index in [4.69, 9.17) is 9.84 Å². The van der Waals surface area contributed by atoms with Crippen LogP contribution in [-0.4, -0.2) is 32.8 Å². The predicted molar refractivity (Wildman–Crippen MR) is 78.3 cm³/mol. The van der Waals surface area contributed by atoms with Gasteiger partial charge in [-0.25, -0.2) is 13.1 Å². The fourth-order valence-corrected chi connectivity index (χ4v) is 5.13. The Hall–Kier alpha value is -0.470. The Kier molecular flexibility index (Phi) is 5.19. The van der Waals surface area contributed by atoms with Gasteiger partial charge in [0, 0.05) is 28.8 Å². The third kappa shape index (κ3) is 3.40. The van der Waals surface area contributed by atoms with E-state index < -0.39 is 10.0 Å². The molecule has 0 radical (unpaired) electrons. The van der Waals surface area contributed by atoms with Crippen LogP contribution in [0, 0.1) is 12.8 Å². The lowest BCUT2D eigenvalue weighted by Crippen LogP contribution is -2.32. The van der Waals surface area contributed by atoms with Gasteiger partial charge >= 0.3 is 0 Å². The van der Waals surface area contributed by atoms with Crippen LogP contribution in [0.2, 0.25) is 0 Å². The molecule has 0 aliphatic carbocycles. The Balaban J connectivity index is 2.05. The van der Waals surface area contributed by atoms with Crippen molar-refractivity contribution in [1.82, 2.24) is 4.72 Å². The van der Waals surface area contributed by atoms with Gasteiger partial charge in [-0.05, 0) is 25.8 Å². The molecule has 1 aromatic heterocycles. The SMILES string of the molecule is CCC1OCCC1CNS(=O)(=O)c1cc(CO)sc1C. The number of aliphatic hydroxyl groups excluding tert-OH is 1. The first kappa shape index (κ1) is 15.9. The molecule has 1 aliphatic rings. The first-order valence-corrected chi connectivity index (χ1v) is 9.09. The summed E-state index contributed by atoms with van der Waals surface area (Å²) in [4.78, 5) is 1.65. The highest BCUT2D eigenvalue weighted by Crippen LogP contribution is 2.27. The smallest absolute Gasteiger partial charge is 0.241 e. The Morgan fingerprint density at radius 3 is 2.90 bits per heavy atom. The molecular formula is C13H21NO4S2. The average Bonchev–Trinajstić information content (AvgIpc) is 3.02. The molecule has 1 saturated heterocycles. The lowest BCUT2D eigenvalue weighted by atomic mass is 10.0. The van der Waals surface area contributed by atoms with Gasteiger partial charge in [0.25, 0.3) is 0 Å². The van der Waals surface area contributed by atoms with E-state index in [1.807, 2.05) is 6.92 Å². The topological polar surface area (TPSA) is 75.6 Å². The largest absolute Gasteiger partial charge is 0.391 e. The van der Waals surface area contributed by atoms with Crippen molar-refractivity contribution in [2.45, 2.75) is 44.3 Å². The Bertz CT molecular complexity index is 553. The minimum Gasteiger partial charge on any atom is -0.391 e. The molecular weight excluding hydrogens is 298 g/mol. The monoisotopic (exact) mass is 319 g/mol. The maximum absolute atomic E-state index is 12.3. The summed E-state index contributed by atoms with van der Waals surface area (Å²) in [6, 6.07) is 1.55. The zero-order chi connectivity index (χ0) is 14.8. The van der Waals surface area contributed by atoms with Gasteiger partial charge in [0.2, 0.25) is 10.0 Å². The van der Waals surface area contributed by atoms with Gasteiger partial charge in [0.1, 0.15) is 0 Å². The molecule has 2 rings (SSSR count). The molecule has 0 amide bonds. The Labute approximate surface area is 124 Å². The molecule has 0 bridgehead atoms. The van der Waals surface area contributed by atoms with E-state index in [1.165, 1.54) is 11.3 Å². The molecule has 0 spiro atoms. The van der Waals surface area contributed by atoms with E-state index >= 15 is 0 Å². The normalized spacial score (nSPS) is 23.4. The third-order valence-corrected chi connectivity index (χ3v) is 6.37. The van der Waals surface area contributed by atoms with Gasteiger partial charge in [-0.1, -0.05) is 6.92 Å². The molecule has 0 aromatic carbocycles. The standard InChI is InChI=1S/C13H21NO4S2/c1-3-12-10(4-5-18-12)7-14-20(16,17)13-6-11(8-15)19-9(13)2/h6,10,12,14-15H,3-5,7-8H2,1-2H3. The number of sulfonamides is 1. The summed E-state index contributed by atoms with van der Waals surface area (Å²) < 4.78 is 32.9. The number of aryl methyl sites for hydroxylation is 1. The van der Waals surface area contributed by atoms with Crippen LogP contribution < -0.4 is 4.72 Å². The summed E-state index contributed by atoms with van der Waals surface area (Å²) in [5.41, 5.74) is 0. The summed E-state index contributed by atoms with van der Waals surface area (Å²) in [6.07, 6.45) is 1.94. The van der Waals surface area contributed by atoms with Gasteiger partial charge in [0.05, 0.1) is 17.6 Å². The second kappa shape index (κ2) is 6.53. The second-order valence-corrected chi connectivity index (χ2v) is 8.09. The predicted octanol–water partition coefficient (Wildman–Crippen LogP) is 1.64. The van der Waals surface area contributed by atoms with Crippen molar-refractivity contribution < 1.29 is 18.3 Å². The number of thiophene rings is 1. The van der Waals surface area contributed by atoms with E-state index in [1.54, 1.807) is 13.0 Å². The van der Waals surface area contributed by atoms with Gasteiger partial charge in [-0.2, -0.15) is 0 Å². The van der Waals surface area contributed by atoms with Crippen molar-refractivity contribution in [2.75, 3.05) is 13.2 Å². The fraction of sp³-hybridized carbons (Fsp3) is 0.692. The molecule has 7 heteroatoms. The van der Waals surface area contributed by atoms with Crippen molar-refractivity contribution in [3.05, 3.63) is 15.8 Å². The lowest BCUT2D eigenvalue weighted by Gasteiger charge is -2.17. The maximum atomic E-state index is 12.3. The summed E-state index contributed by atoms with van der Waals surface area (Å²) in [6.45, 7) is 4.79. The van der Waals surface area contributed by atoms with Crippen LogP contribution >= 0.6 is 11.3 Å². The lowest BCUT2D eigenvalue weighted by molar-refractivity contribution is 0.0884. The molecule has 20 heavy (non-hydrogen) atoms. The summed E-state index contributed by atoms with van der Waals surface area (Å²) >= 11 is 1.31. The van der Waals surface area contributed by atoms with E-state index in [0.717, 1.165) is 12.8 Å². The summed E-state index contributed by atoms with van der Waals surface area (Å²) in [7, 11) is -3.51. The number of hydrogen-bond donors (Lipinski definition) is 2. The van der Waals surface area contributed by atoms with Crippen LogP contribution in [0.3, 0.4) is 0 Å². The quantitative estimate of drug-likeness (QED) is 0.836. The molecule has 5 nitrogen and oxygen atoms in total. The van der Waals surface area contributed by atoms with Crippen LogP contribution in [0.25, 0.3) is 0 Å². The number of ether oxygens (including phenoxy) is 1. The van der Waals surface area contributed by atoms with Crippen LogP contribution in [0.15, 0.2) is 11.0 Å². The van der Waals surface area contributed by atoms with Gasteiger partial charge in [-0.15, -0.1) is 11.3 Å². The molecule has 0 saturated carbocycles. The minimum atomic E-state index is -3.51. The molecule has 2 N–H and O–H groups in total. The van der Waals surface area contributed by atoms with Crippen LogP contribution in [-0.2, 0) is 21.4 Å². The molecule has 114 valence electrons. The number of rotatable bonds is 6. The van der Waals surface area contributed by atoms with Gasteiger partial charge < -0.3 is 9.84 Å². The first-order chi connectivity index (χ1) is 9.47. The summed E-state index contributed by atoms with van der Waals surface area (Å²) in [5.74, 6) is 0.242. The van der Waals surface area contributed by atoms with Crippen LogP contribution in [0.5, 0.6) is 0 Å². The van der Waals surface area contributed by atoms with E-state index in [9.17, 15) is 8.42 Å². The van der Waals surface area contributed by atoms with Gasteiger partial charge in [-0.3, -0.25) is 0 Å². The second-order valence-electron chi connectivity index (χ2n) is 5.01. The van der Waals surface area contributed by atoms with Crippen molar-refractivity contribution >= 4 is 21.4 Å². The zero-order valence-corrected chi connectivity index (χ0v) is 13.4. The third-order valence-electron chi connectivity index (χ3n) is 3.65. The van der Waals surface area contributed by atoms with Crippen molar-refractivity contribution in [1.29, 1.82) is 0 Å². The van der Waals surface area contributed by atoms with E-state index in [0.29, 0.717) is 22.9 Å². The average molecular weight is 319 g/mol. The molecule has 1 aliphatic heterocycles. The molecule has 2 atom stereocenters.